The van der Waals surface area contributed by atoms with E-state index >= 15 is 0 Å². The van der Waals surface area contributed by atoms with E-state index in [1.807, 2.05) is 18.2 Å². The van der Waals surface area contributed by atoms with Crippen molar-refractivity contribution in [3.63, 3.8) is 0 Å². The molecule has 34 heavy (non-hydrogen) atoms. The summed E-state index contributed by atoms with van der Waals surface area (Å²) in [5, 5.41) is 6.48. The molecule has 1 unspecified atom stereocenters. The van der Waals surface area contributed by atoms with E-state index in [0.29, 0.717) is 36.7 Å². The number of pyridine rings is 1. The second kappa shape index (κ2) is 9.58. The molecule has 1 N–H and O–H groups in total. The van der Waals surface area contributed by atoms with Crippen LogP contribution in [0.2, 0.25) is 0 Å². The van der Waals surface area contributed by atoms with Gasteiger partial charge in [0.25, 0.3) is 0 Å². The average molecular weight is 472 g/mol. The first-order chi connectivity index (χ1) is 16.2. The molecule has 0 bridgehead atoms. The van der Waals surface area contributed by atoms with Crippen LogP contribution in [-0.2, 0) is 6.18 Å². The number of alkyl halides is 3. The summed E-state index contributed by atoms with van der Waals surface area (Å²) in [5.74, 6) is 1.40. The van der Waals surface area contributed by atoms with Gasteiger partial charge in [0.1, 0.15) is 22.9 Å². The largest absolute Gasteiger partial charge is 0.456 e. The van der Waals surface area contributed by atoms with Crippen LogP contribution in [0.4, 0.5) is 23.7 Å². The highest BCUT2D eigenvalue weighted by molar-refractivity contribution is 5.89. The number of urea groups is 1. The van der Waals surface area contributed by atoms with Crippen molar-refractivity contribution in [1.82, 2.24) is 15.0 Å². The van der Waals surface area contributed by atoms with E-state index < -0.39 is 11.9 Å². The predicted octanol–water partition coefficient (Wildman–Crippen LogP) is 6.15. The highest BCUT2D eigenvalue weighted by Gasteiger charge is 2.32. The Morgan fingerprint density at radius 3 is 2.71 bits per heavy atom. The predicted molar refractivity (Wildman–Crippen MR) is 119 cm³/mol. The number of carbonyl (C=O) groups excluding carboxylic acids is 1. The highest BCUT2D eigenvalue weighted by Crippen LogP contribution is 2.30. The van der Waals surface area contributed by atoms with E-state index in [9.17, 15) is 18.0 Å². The third-order valence-corrected chi connectivity index (χ3v) is 5.55. The molecule has 3 heterocycles. The molecule has 0 saturated carbocycles. The zero-order valence-electron chi connectivity index (χ0n) is 18.6. The van der Waals surface area contributed by atoms with Gasteiger partial charge in [0, 0.05) is 13.1 Å². The van der Waals surface area contributed by atoms with Gasteiger partial charge in [-0.2, -0.15) is 13.2 Å². The van der Waals surface area contributed by atoms with Crippen LogP contribution in [0.25, 0.3) is 6.08 Å². The molecule has 4 rings (SSSR count). The number of aryl methyl sites for hydroxylation is 1. The molecular formula is C24H23F3N4O3. The molecule has 2 aromatic heterocycles. The van der Waals surface area contributed by atoms with E-state index in [4.69, 9.17) is 9.26 Å². The molecule has 3 aromatic rings. The van der Waals surface area contributed by atoms with Crippen molar-refractivity contribution in [3.05, 3.63) is 71.4 Å². The van der Waals surface area contributed by atoms with Crippen LogP contribution in [0.15, 0.2) is 58.9 Å². The number of piperidine rings is 1. The number of amides is 2. The van der Waals surface area contributed by atoms with Gasteiger partial charge in [-0.05, 0) is 49.1 Å². The molecule has 2 amide bonds. The summed E-state index contributed by atoms with van der Waals surface area (Å²) in [4.78, 5) is 17.7. The number of carbonyl (C=O) groups is 1. The van der Waals surface area contributed by atoms with Gasteiger partial charge in [-0.15, -0.1) is 0 Å². The number of benzene rings is 1. The zero-order valence-corrected chi connectivity index (χ0v) is 18.6. The van der Waals surface area contributed by atoms with E-state index in [0.717, 1.165) is 17.8 Å². The second-order valence-corrected chi connectivity index (χ2v) is 8.09. The van der Waals surface area contributed by atoms with Crippen LogP contribution in [-0.4, -0.2) is 34.2 Å². The van der Waals surface area contributed by atoms with Crippen LogP contribution < -0.4 is 10.1 Å². The first-order valence-electron chi connectivity index (χ1n) is 10.7. The van der Waals surface area contributed by atoms with Crippen molar-refractivity contribution in [2.45, 2.75) is 26.4 Å². The standard InChI is InChI=1S/C24H23F3N4O3/c1-15-14-31(23(32)30-21-13-29-34-16(21)2)9-8-18(15)10-17-4-3-5-19(11-17)33-20-6-7-22(28-12-20)24(25,26)27/h3-7,10-13,15H,8-9,14H2,1-2H3,(H,30,32). The molecular weight excluding hydrogens is 449 g/mol. The molecule has 0 aliphatic carbocycles. The molecule has 178 valence electrons. The van der Waals surface area contributed by atoms with Gasteiger partial charge >= 0.3 is 12.2 Å². The van der Waals surface area contributed by atoms with Crippen molar-refractivity contribution in [1.29, 1.82) is 0 Å². The molecule has 1 saturated heterocycles. The number of anilines is 1. The summed E-state index contributed by atoms with van der Waals surface area (Å²) in [6.45, 7) is 4.92. The molecule has 0 radical (unpaired) electrons. The number of likely N-dealkylation sites (tertiary alicyclic amines) is 1. The summed E-state index contributed by atoms with van der Waals surface area (Å²) in [7, 11) is 0. The summed E-state index contributed by atoms with van der Waals surface area (Å²) >= 11 is 0. The Labute approximate surface area is 194 Å². The number of nitrogens with one attached hydrogen (secondary N) is 1. The Bertz CT molecular complexity index is 1190. The minimum absolute atomic E-state index is 0.145. The highest BCUT2D eigenvalue weighted by atomic mass is 19.4. The molecule has 1 atom stereocenters. The van der Waals surface area contributed by atoms with Gasteiger partial charge < -0.3 is 19.5 Å². The molecule has 1 fully saturated rings. The van der Waals surface area contributed by atoms with Gasteiger partial charge in [0.2, 0.25) is 0 Å². The summed E-state index contributed by atoms with van der Waals surface area (Å²) in [6.07, 6.45) is 0.805. The number of halogens is 3. The van der Waals surface area contributed by atoms with Gasteiger partial charge in [0.15, 0.2) is 5.76 Å². The van der Waals surface area contributed by atoms with Crippen LogP contribution in [0, 0.1) is 12.8 Å². The van der Waals surface area contributed by atoms with Crippen molar-refractivity contribution in [2.75, 3.05) is 18.4 Å². The monoisotopic (exact) mass is 472 g/mol. The van der Waals surface area contributed by atoms with Crippen molar-refractivity contribution in [3.8, 4) is 11.5 Å². The third kappa shape index (κ3) is 5.56. The third-order valence-electron chi connectivity index (χ3n) is 5.55. The summed E-state index contributed by atoms with van der Waals surface area (Å²) < 4.78 is 48.7. The SMILES string of the molecule is Cc1oncc1NC(=O)N1CCC(=Cc2cccc(Oc3ccc(C(F)(F)F)nc3)c2)C(C)C1. The van der Waals surface area contributed by atoms with E-state index in [1.54, 1.807) is 17.9 Å². The van der Waals surface area contributed by atoms with Crippen molar-refractivity contribution >= 4 is 17.8 Å². The molecule has 7 nitrogen and oxygen atoms in total. The Morgan fingerprint density at radius 1 is 1.24 bits per heavy atom. The second-order valence-electron chi connectivity index (χ2n) is 8.09. The fraction of sp³-hybridized carbons (Fsp3) is 0.292. The Balaban J connectivity index is 1.39. The number of rotatable bonds is 4. The van der Waals surface area contributed by atoms with Gasteiger partial charge in [-0.3, -0.25) is 0 Å². The van der Waals surface area contributed by atoms with E-state index in [1.165, 1.54) is 17.8 Å². The normalized spacial score (nSPS) is 17.6. The molecule has 10 heteroatoms. The fourth-order valence-electron chi connectivity index (χ4n) is 3.69. The smallest absolute Gasteiger partial charge is 0.433 e. The summed E-state index contributed by atoms with van der Waals surface area (Å²) in [6, 6.07) is 9.20. The lowest BCUT2D eigenvalue weighted by Crippen LogP contribution is -2.42. The lowest BCUT2D eigenvalue weighted by atomic mass is 9.91. The minimum Gasteiger partial charge on any atom is -0.456 e. The van der Waals surface area contributed by atoms with Gasteiger partial charge in [0.05, 0.1) is 12.4 Å². The Morgan fingerprint density at radius 2 is 2.06 bits per heavy atom. The molecule has 0 spiro atoms. The molecule has 1 aliphatic rings. The van der Waals surface area contributed by atoms with Crippen molar-refractivity contribution in [2.24, 2.45) is 5.92 Å². The maximum atomic E-state index is 12.7. The molecule has 1 aliphatic heterocycles. The quantitative estimate of drug-likeness (QED) is 0.493. The average Bonchev–Trinajstić information content (AvgIpc) is 3.19. The number of hydrogen-bond donors (Lipinski definition) is 1. The molecule has 1 aromatic carbocycles. The summed E-state index contributed by atoms with van der Waals surface area (Å²) in [5.41, 5.74) is 1.68. The minimum atomic E-state index is -4.49. The Hall–Kier alpha value is -3.82. The van der Waals surface area contributed by atoms with Gasteiger partial charge in [-0.1, -0.05) is 35.9 Å². The van der Waals surface area contributed by atoms with E-state index in [2.05, 4.69) is 28.5 Å². The number of nitrogens with zero attached hydrogens (tertiary/aromatic N) is 3. The first kappa shape index (κ1) is 23.3. The maximum absolute atomic E-state index is 12.7. The first-order valence-corrected chi connectivity index (χ1v) is 10.7. The van der Waals surface area contributed by atoms with Crippen LogP contribution >= 0.6 is 0 Å². The zero-order chi connectivity index (χ0) is 24.3. The van der Waals surface area contributed by atoms with Crippen LogP contribution in [0.1, 0.15) is 30.4 Å². The van der Waals surface area contributed by atoms with Crippen LogP contribution in [0.3, 0.4) is 0 Å². The lowest BCUT2D eigenvalue weighted by Gasteiger charge is -2.33. The Kier molecular flexibility index (Phi) is 6.58. The fourth-order valence-corrected chi connectivity index (χ4v) is 3.69. The number of aromatic nitrogens is 2. The number of hydrogen-bond acceptors (Lipinski definition) is 5. The topological polar surface area (TPSA) is 80.5 Å². The number of ether oxygens (including phenoxy) is 1. The lowest BCUT2D eigenvalue weighted by molar-refractivity contribution is -0.141. The maximum Gasteiger partial charge on any atom is 0.433 e. The van der Waals surface area contributed by atoms with Gasteiger partial charge in [-0.25, -0.2) is 9.78 Å². The van der Waals surface area contributed by atoms with E-state index in [-0.39, 0.29) is 17.7 Å². The van der Waals surface area contributed by atoms with Crippen LogP contribution in [0.5, 0.6) is 11.5 Å². The van der Waals surface area contributed by atoms with Crippen molar-refractivity contribution < 1.29 is 27.2 Å².